The maximum absolute atomic E-state index is 13.5. The van der Waals surface area contributed by atoms with Gasteiger partial charge in [-0.15, -0.1) is 11.3 Å². The molecule has 4 rings (SSSR count). The van der Waals surface area contributed by atoms with Gasteiger partial charge >= 0.3 is 0 Å². The monoisotopic (exact) mass is 481 g/mol. The van der Waals surface area contributed by atoms with Gasteiger partial charge in [0.2, 0.25) is 5.91 Å². The fraction of sp³-hybridized carbons (Fsp3) is 0.320. The Morgan fingerprint density at radius 1 is 1.18 bits per heavy atom. The first-order valence-electron chi connectivity index (χ1n) is 11.2. The number of hydrogen-bond acceptors (Lipinski definition) is 6. The van der Waals surface area contributed by atoms with Gasteiger partial charge in [-0.05, 0) is 47.7 Å². The van der Waals surface area contributed by atoms with E-state index in [1.807, 2.05) is 11.4 Å². The minimum Gasteiger partial charge on any atom is -0.353 e. The van der Waals surface area contributed by atoms with E-state index in [4.69, 9.17) is 5.73 Å². The summed E-state index contributed by atoms with van der Waals surface area (Å²) in [6.45, 7) is 2.33. The molecule has 9 heteroatoms. The SMILES string of the molecule is NCCNC(=O)C1CC(N(Cc2ccc(F)cc2)Cc2cccs2)CN1C(=O)c1cccnc1. The highest BCUT2D eigenvalue weighted by atomic mass is 32.1. The highest BCUT2D eigenvalue weighted by Gasteiger charge is 2.42. The third-order valence-corrected chi connectivity index (χ3v) is 6.81. The first-order valence-corrected chi connectivity index (χ1v) is 12.1. The first-order chi connectivity index (χ1) is 16.5. The van der Waals surface area contributed by atoms with Crippen molar-refractivity contribution in [3.63, 3.8) is 0 Å². The molecule has 0 spiro atoms. The van der Waals surface area contributed by atoms with E-state index in [9.17, 15) is 14.0 Å². The maximum Gasteiger partial charge on any atom is 0.256 e. The molecule has 2 atom stereocenters. The molecule has 0 saturated carbocycles. The van der Waals surface area contributed by atoms with E-state index in [0.29, 0.717) is 44.7 Å². The number of nitrogens with two attached hydrogens (primary N) is 1. The molecule has 1 aliphatic heterocycles. The van der Waals surface area contributed by atoms with Crippen LogP contribution in [0.15, 0.2) is 66.3 Å². The molecule has 2 aromatic heterocycles. The summed E-state index contributed by atoms with van der Waals surface area (Å²) >= 11 is 1.66. The van der Waals surface area contributed by atoms with E-state index in [0.717, 1.165) is 5.56 Å². The number of pyridine rings is 1. The van der Waals surface area contributed by atoms with Crippen molar-refractivity contribution in [1.29, 1.82) is 0 Å². The normalized spacial score (nSPS) is 17.8. The van der Waals surface area contributed by atoms with Crippen LogP contribution in [0, 0.1) is 5.82 Å². The van der Waals surface area contributed by atoms with E-state index < -0.39 is 6.04 Å². The average molecular weight is 482 g/mol. The Labute approximate surface area is 202 Å². The Balaban J connectivity index is 1.60. The molecule has 1 fully saturated rings. The van der Waals surface area contributed by atoms with Gasteiger partial charge in [0.25, 0.3) is 5.91 Å². The van der Waals surface area contributed by atoms with E-state index in [2.05, 4.69) is 21.3 Å². The number of amides is 2. The number of nitrogens with one attached hydrogen (secondary N) is 1. The molecule has 3 heterocycles. The van der Waals surface area contributed by atoms with Gasteiger partial charge < -0.3 is 16.0 Å². The van der Waals surface area contributed by atoms with Crippen molar-refractivity contribution in [1.82, 2.24) is 20.1 Å². The number of carbonyl (C=O) groups excluding carboxylic acids is 2. The highest BCUT2D eigenvalue weighted by Crippen LogP contribution is 2.28. The summed E-state index contributed by atoms with van der Waals surface area (Å²) in [5.74, 6) is -0.705. The first kappa shape index (κ1) is 24.0. The standard InChI is InChI=1S/C25H28FN5O2S/c26-20-7-5-18(6-8-20)15-30(17-22-4-2-12-34-22)21-13-23(24(32)29-11-9-27)31(16-21)25(33)19-3-1-10-28-14-19/h1-8,10,12,14,21,23H,9,11,13,15-17,27H2,(H,29,32). The lowest BCUT2D eigenvalue weighted by Crippen LogP contribution is -2.47. The van der Waals surface area contributed by atoms with Gasteiger partial charge in [-0.3, -0.25) is 19.5 Å². The lowest BCUT2D eigenvalue weighted by molar-refractivity contribution is -0.124. The summed E-state index contributed by atoms with van der Waals surface area (Å²) in [4.78, 5) is 35.5. The second kappa shape index (κ2) is 11.3. The fourth-order valence-electron chi connectivity index (χ4n) is 4.26. The molecule has 34 heavy (non-hydrogen) atoms. The zero-order valence-corrected chi connectivity index (χ0v) is 19.6. The van der Waals surface area contributed by atoms with E-state index in [-0.39, 0.29) is 23.7 Å². The summed E-state index contributed by atoms with van der Waals surface area (Å²) in [6, 6.07) is 13.3. The van der Waals surface area contributed by atoms with Gasteiger partial charge in [-0.1, -0.05) is 18.2 Å². The molecular weight excluding hydrogens is 453 g/mol. The number of halogens is 1. The molecule has 0 radical (unpaired) electrons. The van der Waals surface area contributed by atoms with Gasteiger partial charge in [0, 0.05) is 56.0 Å². The van der Waals surface area contributed by atoms with Crippen molar-refractivity contribution < 1.29 is 14.0 Å². The van der Waals surface area contributed by atoms with Crippen molar-refractivity contribution in [3.05, 3.63) is 88.1 Å². The fourth-order valence-corrected chi connectivity index (χ4v) is 4.99. The van der Waals surface area contributed by atoms with Crippen molar-refractivity contribution in [2.75, 3.05) is 19.6 Å². The van der Waals surface area contributed by atoms with Crippen molar-refractivity contribution in [3.8, 4) is 0 Å². The molecule has 2 amide bonds. The number of benzene rings is 1. The third-order valence-electron chi connectivity index (χ3n) is 5.95. The van der Waals surface area contributed by atoms with Gasteiger partial charge in [-0.25, -0.2) is 4.39 Å². The van der Waals surface area contributed by atoms with Crippen LogP contribution in [0.3, 0.4) is 0 Å². The molecule has 1 aliphatic rings. The Kier molecular flexibility index (Phi) is 7.99. The van der Waals surface area contributed by atoms with Crippen molar-refractivity contribution >= 4 is 23.2 Å². The van der Waals surface area contributed by atoms with Gasteiger partial charge in [0.1, 0.15) is 11.9 Å². The van der Waals surface area contributed by atoms with Crippen LogP contribution < -0.4 is 11.1 Å². The number of carbonyl (C=O) groups is 2. The van der Waals surface area contributed by atoms with E-state index >= 15 is 0 Å². The molecule has 1 aromatic carbocycles. The third kappa shape index (κ3) is 5.85. The predicted octanol–water partition coefficient (Wildman–Crippen LogP) is 2.64. The zero-order chi connectivity index (χ0) is 23.9. The zero-order valence-electron chi connectivity index (χ0n) is 18.8. The van der Waals surface area contributed by atoms with Crippen LogP contribution in [-0.2, 0) is 17.9 Å². The lowest BCUT2D eigenvalue weighted by Gasteiger charge is -2.28. The molecule has 3 N–H and O–H groups in total. The van der Waals surface area contributed by atoms with Crippen LogP contribution >= 0.6 is 11.3 Å². The predicted molar refractivity (Wildman–Crippen MR) is 129 cm³/mol. The summed E-state index contributed by atoms with van der Waals surface area (Å²) < 4.78 is 13.5. The topological polar surface area (TPSA) is 91.6 Å². The molecule has 0 aliphatic carbocycles. The maximum atomic E-state index is 13.5. The second-order valence-electron chi connectivity index (χ2n) is 8.30. The number of nitrogens with zero attached hydrogens (tertiary/aromatic N) is 3. The highest BCUT2D eigenvalue weighted by molar-refractivity contribution is 7.09. The quantitative estimate of drug-likeness (QED) is 0.490. The Bertz CT molecular complexity index is 1080. The largest absolute Gasteiger partial charge is 0.353 e. The molecular formula is C25H28FN5O2S. The summed E-state index contributed by atoms with van der Waals surface area (Å²) in [7, 11) is 0. The number of likely N-dealkylation sites (tertiary alicyclic amines) is 1. The second-order valence-corrected chi connectivity index (χ2v) is 9.33. The van der Waals surface area contributed by atoms with Crippen LogP contribution in [0.25, 0.3) is 0 Å². The molecule has 0 bridgehead atoms. The average Bonchev–Trinajstić information content (AvgIpc) is 3.54. The minimum atomic E-state index is -0.608. The van der Waals surface area contributed by atoms with Crippen LogP contribution in [0.5, 0.6) is 0 Å². The van der Waals surface area contributed by atoms with Crippen LogP contribution in [0.1, 0.15) is 27.2 Å². The molecule has 2 unspecified atom stereocenters. The van der Waals surface area contributed by atoms with Crippen LogP contribution in [-0.4, -0.2) is 58.3 Å². The molecule has 7 nitrogen and oxygen atoms in total. The number of hydrogen-bond donors (Lipinski definition) is 2. The Morgan fingerprint density at radius 3 is 2.68 bits per heavy atom. The lowest BCUT2D eigenvalue weighted by atomic mass is 10.1. The van der Waals surface area contributed by atoms with Crippen molar-refractivity contribution in [2.24, 2.45) is 5.73 Å². The molecule has 3 aromatic rings. The number of thiophene rings is 1. The number of rotatable bonds is 9. The van der Waals surface area contributed by atoms with Crippen LogP contribution in [0.4, 0.5) is 4.39 Å². The molecule has 1 saturated heterocycles. The van der Waals surface area contributed by atoms with Gasteiger partial charge in [-0.2, -0.15) is 0 Å². The molecule has 178 valence electrons. The summed E-state index contributed by atoms with van der Waals surface area (Å²) in [5.41, 5.74) is 6.99. The Morgan fingerprint density at radius 2 is 2.00 bits per heavy atom. The summed E-state index contributed by atoms with van der Waals surface area (Å²) in [5, 5.41) is 4.87. The van der Waals surface area contributed by atoms with Crippen LogP contribution in [0.2, 0.25) is 0 Å². The van der Waals surface area contributed by atoms with E-state index in [1.165, 1.54) is 23.2 Å². The summed E-state index contributed by atoms with van der Waals surface area (Å²) in [6.07, 6.45) is 3.63. The van der Waals surface area contributed by atoms with Gasteiger partial charge in [0.05, 0.1) is 5.56 Å². The number of aromatic nitrogens is 1. The van der Waals surface area contributed by atoms with Crippen molar-refractivity contribution in [2.45, 2.75) is 31.6 Å². The minimum absolute atomic E-state index is 0.0543. The Hall–Kier alpha value is -3.14. The van der Waals surface area contributed by atoms with E-state index in [1.54, 1.807) is 46.7 Å². The van der Waals surface area contributed by atoms with Gasteiger partial charge in [0.15, 0.2) is 0 Å². The smallest absolute Gasteiger partial charge is 0.256 e.